The molecule has 3 heteroatoms. The molecule has 3 nitrogen and oxygen atoms in total. The lowest BCUT2D eigenvalue weighted by molar-refractivity contribution is 0.698. The van der Waals surface area contributed by atoms with Crippen LogP contribution in [0.3, 0.4) is 0 Å². The summed E-state index contributed by atoms with van der Waals surface area (Å²) in [6.45, 7) is 0.728. The Labute approximate surface area is 102 Å². The molecule has 0 saturated heterocycles. The first kappa shape index (κ1) is 11.6. The minimum Gasteiger partial charge on any atom is -0.369 e. The molecule has 2 rings (SSSR count). The van der Waals surface area contributed by atoms with Crippen molar-refractivity contribution >= 4 is 5.82 Å². The van der Waals surface area contributed by atoms with E-state index in [1.807, 2.05) is 36.4 Å². The third kappa shape index (κ3) is 3.89. The lowest BCUT2D eigenvalue weighted by Gasteiger charge is -2.13. The summed E-state index contributed by atoms with van der Waals surface area (Å²) in [7, 11) is 0. The molecule has 0 saturated carbocycles. The maximum atomic E-state index is 6.06. The Kier molecular flexibility index (Phi) is 4.11. The van der Waals surface area contributed by atoms with Gasteiger partial charge in [0, 0.05) is 18.8 Å². The molecule has 1 atom stereocenters. The molecule has 0 aliphatic heterocycles. The molecule has 0 spiro atoms. The van der Waals surface area contributed by atoms with Crippen LogP contribution in [0.15, 0.2) is 54.7 Å². The van der Waals surface area contributed by atoms with E-state index in [2.05, 4.69) is 22.4 Å². The quantitative estimate of drug-likeness (QED) is 0.822. The van der Waals surface area contributed by atoms with Crippen LogP contribution in [0.25, 0.3) is 0 Å². The summed E-state index contributed by atoms with van der Waals surface area (Å²) < 4.78 is 0. The van der Waals surface area contributed by atoms with Gasteiger partial charge in [0.05, 0.1) is 0 Å². The molecule has 2 aromatic rings. The van der Waals surface area contributed by atoms with E-state index in [0.717, 1.165) is 18.8 Å². The summed E-state index contributed by atoms with van der Waals surface area (Å²) in [4.78, 5) is 4.19. The van der Waals surface area contributed by atoms with Crippen molar-refractivity contribution in [2.24, 2.45) is 5.73 Å². The van der Waals surface area contributed by atoms with Crippen molar-refractivity contribution in [1.29, 1.82) is 0 Å². The highest BCUT2D eigenvalue weighted by Crippen LogP contribution is 2.03. The molecule has 0 bridgehead atoms. The third-order valence-electron chi connectivity index (χ3n) is 2.55. The lowest BCUT2D eigenvalue weighted by Crippen LogP contribution is -2.31. The van der Waals surface area contributed by atoms with E-state index < -0.39 is 0 Å². The molecule has 0 radical (unpaired) electrons. The molecule has 88 valence electrons. The zero-order valence-corrected chi connectivity index (χ0v) is 9.71. The van der Waals surface area contributed by atoms with Gasteiger partial charge in [-0.15, -0.1) is 0 Å². The Morgan fingerprint density at radius 3 is 2.53 bits per heavy atom. The number of pyridine rings is 1. The Hall–Kier alpha value is -1.87. The Morgan fingerprint density at radius 1 is 1.06 bits per heavy atom. The topological polar surface area (TPSA) is 50.9 Å². The number of benzene rings is 1. The molecule has 0 amide bonds. The molecule has 1 aromatic heterocycles. The Bertz CT molecular complexity index is 428. The van der Waals surface area contributed by atoms with Crippen molar-refractivity contribution in [3.63, 3.8) is 0 Å². The maximum absolute atomic E-state index is 6.06. The number of nitrogens with zero attached hydrogens (tertiary/aromatic N) is 1. The SMILES string of the molecule is NC(CNc1ccccn1)Cc1ccccc1. The zero-order valence-electron chi connectivity index (χ0n) is 9.71. The third-order valence-corrected chi connectivity index (χ3v) is 2.55. The van der Waals surface area contributed by atoms with Crippen LogP contribution in [-0.4, -0.2) is 17.6 Å². The predicted octanol–water partition coefficient (Wildman–Crippen LogP) is 2.06. The van der Waals surface area contributed by atoms with Gasteiger partial charge in [0.25, 0.3) is 0 Å². The van der Waals surface area contributed by atoms with Crippen molar-refractivity contribution in [3.05, 3.63) is 60.3 Å². The molecule has 1 aromatic carbocycles. The highest BCUT2D eigenvalue weighted by Gasteiger charge is 2.03. The van der Waals surface area contributed by atoms with Crippen LogP contribution in [0.2, 0.25) is 0 Å². The van der Waals surface area contributed by atoms with Gasteiger partial charge in [-0.2, -0.15) is 0 Å². The van der Waals surface area contributed by atoms with Crippen LogP contribution in [0.5, 0.6) is 0 Å². The molecule has 0 fully saturated rings. The Balaban J connectivity index is 1.80. The van der Waals surface area contributed by atoms with Gasteiger partial charge < -0.3 is 11.1 Å². The fourth-order valence-corrected chi connectivity index (χ4v) is 1.69. The van der Waals surface area contributed by atoms with Gasteiger partial charge in [-0.1, -0.05) is 36.4 Å². The highest BCUT2D eigenvalue weighted by atomic mass is 15.0. The number of anilines is 1. The van der Waals surface area contributed by atoms with E-state index in [1.54, 1.807) is 6.20 Å². The fourth-order valence-electron chi connectivity index (χ4n) is 1.69. The number of hydrogen-bond acceptors (Lipinski definition) is 3. The van der Waals surface area contributed by atoms with Crippen LogP contribution in [0.1, 0.15) is 5.56 Å². The molecule has 17 heavy (non-hydrogen) atoms. The van der Waals surface area contributed by atoms with Crippen LogP contribution in [0.4, 0.5) is 5.82 Å². The number of aromatic nitrogens is 1. The van der Waals surface area contributed by atoms with Gasteiger partial charge in [0.2, 0.25) is 0 Å². The number of hydrogen-bond donors (Lipinski definition) is 2. The summed E-state index contributed by atoms with van der Waals surface area (Å²) in [5, 5.41) is 3.23. The van der Waals surface area contributed by atoms with Gasteiger partial charge in [-0.3, -0.25) is 0 Å². The summed E-state index contributed by atoms with van der Waals surface area (Å²) in [5.41, 5.74) is 7.33. The van der Waals surface area contributed by atoms with Gasteiger partial charge in [0.15, 0.2) is 0 Å². The second-order valence-electron chi connectivity index (χ2n) is 4.05. The van der Waals surface area contributed by atoms with E-state index in [0.29, 0.717) is 0 Å². The minimum atomic E-state index is 0.0967. The molecule has 1 unspecified atom stereocenters. The molecule has 0 aliphatic carbocycles. The summed E-state index contributed by atoms with van der Waals surface area (Å²) >= 11 is 0. The first-order valence-corrected chi connectivity index (χ1v) is 5.79. The zero-order chi connectivity index (χ0) is 11.9. The van der Waals surface area contributed by atoms with Crippen molar-refractivity contribution in [2.45, 2.75) is 12.5 Å². The van der Waals surface area contributed by atoms with Gasteiger partial charge in [0.1, 0.15) is 5.82 Å². The van der Waals surface area contributed by atoms with Crippen LogP contribution in [0, 0.1) is 0 Å². The summed E-state index contributed by atoms with van der Waals surface area (Å²) in [6.07, 6.45) is 2.64. The van der Waals surface area contributed by atoms with E-state index in [9.17, 15) is 0 Å². The van der Waals surface area contributed by atoms with Crippen molar-refractivity contribution in [3.8, 4) is 0 Å². The summed E-state index contributed by atoms with van der Waals surface area (Å²) in [6, 6.07) is 16.2. The minimum absolute atomic E-state index is 0.0967. The second kappa shape index (κ2) is 6.01. The van der Waals surface area contributed by atoms with Crippen LogP contribution < -0.4 is 11.1 Å². The average Bonchev–Trinajstić information content (AvgIpc) is 2.39. The highest BCUT2D eigenvalue weighted by molar-refractivity contribution is 5.33. The molecular formula is C14H17N3. The predicted molar refractivity (Wildman–Crippen MR) is 70.8 cm³/mol. The molecule has 3 N–H and O–H groups in total. The van der Waals surface area contributed by atoms with E-state index in [1.165, 1.54) is 5.56 Å². The summed E-state index contributed by atoms with van der Waals surface area (Å²) in [5.74, 6) is 0.871. The first-order valence-electron chi connectivity index (χ1n) is 5.79. The number of rotatable bonds is 5. The standard InChI is InChI=1S/C14H17N3/c15-13(10-12-6-2-1-3-7-12)11-17-14-8-4-5-9-16-14/h1-9,13H,10-11,15H2,(H,16,17). The normalized spacial score (nSPS) is 12.1. The van der Waals surface area contributed by atoms with Gasteiger partial charge in [-0.25, -0.2) is 4.98 Å². The monoisotopic (exact) mass is 227 g/mol. The van der Waals surface area contributed by atoms with Crippen molar-refractivity contribution < 1.29 is 0 Å². The van der Waals surface area contributed by atoms with Crippen molar-refractivity contribution in [2.75, 3.05) is 11.9 Å². The van der Waals surface area contributed by atoms with Gasteiger partial charge in [-0.05, 0) is 24.1 Å². The smallest absolute Gasteiger partial charge is 0.125 e. The first-order chi connectivity index (χ1) is 8.34. The second-order valence-corrected chi connectivity index (χ2v) is 4.05. The van der Waals surface area contributed by atoms with Crippen LogP contribution >= 0.6 is 0 Å². The lowest BCUT2D eigenvalue weighted by atomic mass is 10.1. The molecule has 0 aliphatic rings. The van der Waals surface area contributed by atoms with E-state index >= 15 is 0 Å². The Morgan fingerprint density at radius 2 is 1.82 bits per heavy atom. The maximum Gasteiger partial charge on any atom is 0.125 e. The van der Waals surface area contributed by atoms with E-state index in [4.69, 9.17) is 5.73 Å². The van der Waals surface area contributed by atoms with Crippen molar-refractivity contribution in [1.82, 2.24) is 4.98 Å². The number of nitrogens with one attached hydrogen (secondary N) is 1. The molecule has 1 heterocycles. The molecular weight excluding hydrogens is 210 g/mol. The number of nitrogens with two attached hydrogens (primary N) is 1. The van der Waals surface area contributed by atoms with Gasteiger partial charge >= 0.3 is 0 Å². The van der Waals surface area contributed by atoms with E-state index in [-0.39, 0.29) is 6.04 Å². The fraction of sp³-hybridized carbons (Fsp3) is 0.214. The van der Waals surface area contributed by atoms with Crippen LogP contribution in [-0.2, 0) is 6.42 Å². The largest absolute Gasteiger partial charge is 0.369 e. The average molecular weight is 227 g/mol.